The summed E-state index contributed by atoms with van der Waals surface area (Å²) in [6.45, 7) is 0. The minimum absolute atomic E-state index is 0.0855. The van der Waals surface area contributed by atoms with Crippen molar-refractivity contribution in [3.63, 3.8) is 0 Å². The number of benzene rings is 2. The zero-order valence-corrected chi connectivity index (χ0v) is 14.4. The first-order valence-corrected chi connectivity index (χ1v) is 7.57. The number of halogens is 2. The van der Waals surface area contributed by atoms with E-state index in [-0.39, 0.29) is 6.42 Å². The van der Waals surface area contributed by atoms with E-state index < -0.39 is 5.97 Å². The van der Waals surface area contributed by atoms with Crippen LogP contribution in [0.4, 0.5) is 0 Å². The minimum atomic E-state index is -0.397. The van der Waals surface area contributed by atoms with E-state index in [1.165, 1.54) is 0 Å². The Bertz CT molecular complexity index is 688. The normalized spacial score (nSPS) is 10.2. The van der Waals surface area contributed by atoms with Gasteiger partial charge in [0.25, 0.3) is 0 Å². The van der Waals surface area contributed by atoms with Crippen molar-refractivity contribution in [2.75, 3.05) is 14.2 Å². The van der Waals surface area contributed by atoms with Crippen LogP contribution in [-0.4, -0.2) is 20.2 Å². The van der Waals surface area contributed by atoms with Gasteiger partial charge in [-0.05, 0) is 40.2 Å². The molecule has 0 atom stereocenters. The van der Waals surface area contributed by atoms with Crippen LogP contribution in [0.1, 0.15) is 5.56 Å². The van der Waals surface area contributed by atoms with Gasteiger partial charge in [0.05, 0.1) is 25.1 Å². The maximum atomic E-state index is 12.1. The van der Waals surface area contributed by atoms with Gasteiger partial charge in [-0.1, -0.05) is 17.7 Å². The van der Waals surface area contributed by atoms with Gasteiger partial charge in [0.1, 0.15) is 17.2 Å². The maximum Gasteiger partial charge on any atom is 0.315 e. The number of carbonyl (C=O) groups is 1. The molecule has 116 valence electrons. The lowest BCUT2D eigenvalue weighted by Gasteiger charge is -2.11. The Labute approximate surface area is 142 Å². The molecule has 0 bridgehead atoms. The van der Waals surface area contributed by atoms with Gasteiger partial charge in [0.15, 0.2) is 0 Å². The van der Waals surface area contributed by atoms with Gasteiger partial charge < -0.3 is 14.2 Å². The van der Waals surface area contributed by atoms with E-state index >= 15 is 0 Å². The van der Waals surface area contributed by atoms with Crippen LogP contribution in [0.3, 0.4) is 0 Å². The van der Waals surface area contributed by atoms with Crippen LogP contribution in [0.5, 0.6) is 17.2 Å². The van der Waals surface area contributed by atoms with Crippen LogP contribution in [0.15, 0.2) is 40.9 Å². The van der Waals surface area contributed by atoms with Crippen LogP contribution >= 0.6 is 27.5 Å². The topological polar surface area (TPSA) is 44.8 Å². The molecule has 0 spiro atoms. The van der Waals surface area contributed by atoms with Crippen molar-refractivity contribution < 1.29 is 19.0 Å². The first kappa shape index (κ1) is 16.6. The Morgan fingerprint density at radius 1 is 1.09 bits per heavy atom. The Hall–Kier alpha value is -1.72. The van der Waals surface area contributed by atoms with Crippen molar-refractivity contribution in [3.8, 4) is 17.2 Å². The molecule has 0 aliphatic heterocycles. The maximum absolute atomic E-state index is 12.1. The van der Waals surface area contributed by atoms with Crippen LogP contribution in [0, 0.1) is 0 Å². The molecule has 0 saturated carbocycles. The molecule has 0 heterocycles. The molecule has 0 saturated heterocycles. The molecular weight excluding hydrogens is 372 g/mol. The highest BCUT2D eigenvalue weighted by Gasteiger charge is 2.13. The monoisotopic (exact) mass is 384 g/mol. The Morgan fingerprint density at radius 3 is 2.50 bits per heavy atom. The van der Waals surface area contributed by atoms with Crippen LogP contribution in [0.2, 0.25) is 5.02 Å². The zero-order chi connectivity index (χ0) is 16.1. The Morgan fingerprint density at radius 2 is 1.86 bits per heavy atom. The summed E-state index contributed by atoms with van der Waals surface area (Å²) in [4.78, 5) is 12.1. The summed E-state index contributed by atoms with van der Waals surface area (Å²) in [6, 6.07) is 10.2. The molecule has 22 heavy (non-hydrogen) atoms. The predicted octanol–water partition coefficient (Wildman–Crippen LogP) is 4.27. The molecule has 0 fully saturated rings. The number of carbonyl (C=O) groups excluding carboxylic acids is 1. The third-order valence-corrected chi connectivity index (χ3v) is 3.80. The molecule has 4 nitrogen and oxygen atoms in total. The van der Waals surface area contributed by atoms with Gasteiger partial charge in [-0.25, -0.2) is 0 Å². The van der Waals surface area contributed by atoms with E-state index in [1.54, 1.807) is 50.6 Å². The number of esters is 1. The average molecular weight is 386 g/mol. The second kappa shape index (κ2) is 7.51. The fraction of sp³-hybridized carbons (Fsp3) is 0.188. The third-order valence-electron chi connectivity index (χ3n) is 2.95. The molecule has 2 aromatic rings. The van der Waals surface area contributed by atoms with E-state index in [0.717, 1.165) is 5.56 Å². The van der Waals surface area contributed by atoms with Gasteiger partial charge in [-0.3, -0.25) is 4.79 Å². The minimum Gasteiger partial charge on any atom is -0.497 e. The number of hydrogen-bond acceptors (Lipinski definition) is 4. The second-order valence-corrected chi connectivity index (χ2v) is 5.69. The first-order valence-electron chi connectivity index (χ1n) is 6.40. The number of methoxy groups -OCH3 is 2. The van der Waals surface area contributed by atoms with Gasteiger partial charge in [-0.15, -0.1) is 0 Å². The zero-order valence-electron chi connectivity index (χ0n) is 12.1. The van der Waals surface area contributed by atoms with Gasteiger partial charge in [0.2, 0.25) is 0 Å². The quantitative estimate of drug-likeness (QED) is 0.569. The van der Waals surface area contributed by atoms with Crippen molar-refractivity contribution in [2.24, 2.45) is 0 Å². The molecule has 0 unspecified atom stereocenters. The molecule has 6 heteroatoms. The Kier molecular flexibility index (Phi) is 5.69. The van der Waals surface area contributed by atoms with Crippen molar-refractivity contribution in [2.45, 2.75) is 6.42 Å². The lowest BCUT2D eigenvalue weighted by atomic mass is 10.1. The first-order chi connectivity index (χ1) is 10.5. The highest BCUT2D eigenvalue weighted by Crippen LogP contribution is 2.29. The van der Waals surface area contributed by atoms with Crippen molar-refractivity contribution in [1.82, 2.24) is 0 Å². The van der Waals surface area contributed by atoms with Crippen LogP contribution < -0.4 is 14.2 Å². The smallest absolute Gasteiger partial charge is 0.315 e. The molecule has 0 aliphatic carbocycles. The second-order valence-electron chi connectivity index (χ2n) is 4.40. The van der Waals surface area contributed by atoms with Gasteiger partial charge in [0, 0.05) is 16.7 Å². The third kappa shape index (κ3) is 4.15. The summed E-state index contributed by atoms with van der Waals surface area (Å²) in [7, 11) is 3.11. The molecule has 2 aromatic carbocycles. The van der Waals surface area contributed by atoms with Gasteiger partial charge >= 0.3 is 5.97 Å². The predicted molar refractivity (Wildman–Crippen MR) is 88.0 cm³/mol. The molecule has 2 rings (SSSR count). The van der Waals surface area contributed by atoms with E-state index in [9.17, 15) is 4.79 Å². The van der Waals surface area contributed by atoms with Crippen LogP contribution in [-0.2, 0) is 11.2 Å². The van der Waals surface area contributed by atoms with E-state index in [1.807, 2.05) is 0 Å². The van der Waals surface area contributed by atoms with Gasteiger partial charge in [-0.2, -0.15) is 0 Å². The summed E-state index contributed by atoms with van der Waals surface area (Å²) in [5.41, 5.74) is 0.721. The van der Waals surface area contributed by atoms with Crippen molar-refractivity contribution >= 4 is 33.5 Å². The average Bonchev–Trinajstić information content (AvgIpc) is 2.50. The van der Waals surface area contributed by atoms with E-state index in [0.29, 0.717) is 26.7 Å². The van der Waals surface area contributed by atoms with Crippen molar-refractivity contribution in [1.29, 1.82) is 0 Å². The van der Waals surface area contributed by atoms with E-state index in [2.05, 4.69) is 15.9 Å². The van der Waals surface area contributed by atoms with E-state index in [4.69, 9.17) is 25.8 Å². The molecule has 0 N–H and O–H groups in total. The molecule has 0 aromatic heterocycles. The number of hydrogen-bond donors (Lipinski definition) is 0. The molecule has 0 radical (unpaired) electrons. The van der Waals surface area contributed by atoms with Crippen LogP contribution in [0.25, 0.3) is 0 Å². The SMILES string of the molecule is COc1ccc(CC(=O)Oc2ccc(Cl)cc2Br)c(OC)c1. The summed E-state index contributed by atoms with van der Waals surface area (Å²) < 4.78 is 16.3. The fourth-order valence-electron chi connectivity index (χ4n) is 1.87. The lowest BCUT2D eigenvalue weighted by Crippen LogP contribution is -2.12. The lowest BCUT2D eigenvalue weighted by molar-refractivity contribution is -0.133. The standard InChI is InChI=1S/C16H14BrClO4/c1-20-12-5-3-10(15(9-12)21-2)7-16(19)22-14-6-4-11(18)8-13(14)17/h3-6,8-9H,7H2,1-2H3. The van der Waals surface area contributed by atoms with Crippen molar-refractivity contribution in [3.05, 3.63) is 51.5 Å². The largest absolute Gasteiger partial charge is 0.497 e. The number of ether oxygens (including phenoxy) is 3. The summed E-state index contributed by atoms with van der Waals surface area (Å²) in [6.07, 6.45) is 0.0855. The summed E-state index contributed by atoms with van der Waals surface area (Å²) in [5, 5.41) is 0.559. The number of rotatable bonds is 5. The summed E-state index contributed by atoms with van der Waals surface area (Å²) >= 11 is 9.16. The summed E-state index contributed by atoms with van der Waals surface area (Å²) in [5.74, 6) is 1.26. The highest BCUT2D eigenvalue weighted by atomic mass is 79.9. The molecular formula is C16H14BrClO4. The molecule has 0 aliphatic rings. The molecule has 0 amide bonds. The Balaban J connectivity index is 2.12. The fourth-order valence-corrected chi connectivity index (χ4v) is 2.63. The highest BCUT2D eigenvalue weighted by molar-refractivity contribution is 9.10.